The second kappa shape index (κ2) is 9.86. The lowest BCUT2D eigenvalue weighted by Gasteiger charge is -2.25. The SMILES string of the molecule is O=S(=O)(CC(F)(F)C(F)(F)C(F)F)OCCCOS(=O)(=O)CC(F)(F)C(F)(F)C(F)F. The highest BCUT2D eigenvalue weighted by Crippen LogP contribution is 2.41. The summed E-state index contributed by atoms with van der Waals surface area (Å²) < 4.78 is 202. The van der Waals surface area contributed by atoms with Gasteiger partial charge in [-0.1, -0.05) is 0 Å². The molecule has 0 radical (unpaired) electrons. The highest BCUT2D eigenvalue weighted by molar-refractivity contribution is 7.87. The Morgan fingerprint density at radius 3 is 1.06 bits per heavy atom. The van der Waals surface area contributed by atoms with E-state index in [0.29, 0.717) is 0 Å². The number of hydrogen-bond acceptors (Lipinski definition) is 6. The van der Waals surface area contributed by atoms with Gasteiger partial charge in [-0.3, -0.25) is 8.37 Å². The Bertz CT molecular complexity index is 730. The summed E-state index contributed by atoms with van der Waals surface area (Å²) in [6, 6.07) is 0. The van der Waals surface area contributed by atoms with Crippen molar-refractivity contribution in [3.63, 3.8) is 0 Å². The maximum atomic E-state index is 13.0. The van der Waals surface area contributed by atoms with Crippen molar-refractivity contribution in [2.45, 2.75) is 43.0 Å². The normalized spacial score (nSPS) is 15.2. The van der Waals surface area contributed by atoms with E-state index in [1.165, 1.54) is 0 Å². The fourth-order valence-electron chi connectivity index (χ4n) is 1.47. The van der Waals surface area contributed by atoms with E-state index in [2.05, 4.69) is 8.37 Å². The van der Waals surface area contributed by atoms with E-state index in [9.17, 15) is 69.5 Å². The monoisotopic (exact) mass is 532 g/mol. The third-order valence-corrected chi connectivity index (χ3v) is 5.54. The van der Waals surface area contributed by atoms with E-state index >= 15 is 0 Å². The molecule has 0 saturated heterocycles. The van der Waals surface area contributed by atoms with Crippen LogP contribution in [0.3, 0.4) is 0 Å². The van der Waals surface area contributed by atoms with E-state index in [1.54, 1.807) is 0 Å². The van der Waals surface area contributed by atoms with Gasteiger partial charge in [0.2, 0.25) is 0 Å². The van der Waals surface area contributed by atoms with Gasteiger partial charge in [0.1, 0.15) is 11.5 Å². The van der Waals surface area contributed by atoms with E-state index in [4.69, 9.17) is 0 Å². The van der Waals surface area contributed by atoms with Gasteiger partial charge in [0.15, 0.2) is 0 Å². The Morgan fingerprint density at radius 1 is 0.581 bits per heavy atom. The van der Waals surface area contributed by atoms with Crippen LogP contribution in [0.2, 0.25) is 0 Å². The summed E-state index contributed by atoms with van der Waals surface area (Å²) in [6.45, 7) is -2.64. The summed E-state index contributed by atoms with van der Waals surface area (Å²) in [5.41, 5.74) is 0. The van der Waals surface area contributed by atoms with Crippen LogP contribution in [0.4, 0.5) is 52.7 Å². The third kappa shape index (κ3) is 8.12. The molecule has 6 nitrogen and oxygen atoms in total. The van der Waals surface area contributed by atoms with Gasteiger partial charge >= 0.3 is 36.5 Å². The van der Waals surface area contributed by atoms with Crippen LogP contribution in [0.5, 0.6) is 0 Å². The quantitative estimate of drug-likeness (QED) is 0.194. The molecule has 0 rings (SSSR count). The fraction of sp³-hybridized carbons (Fsp3) is 1.00. The van der Waals surface area contributed by atoms with Gasteiger partial charge in [-0.2, -0.15) is 52.0 Å². The second-order valence-electron chi connectivity index (χ2n) is 5.66. The molecule has 0 aliphatic rings. The Kier molecular flexibility index (Phi) is 9.53. The molecule has 0 aromatic rings. The van der Waals surface area contributed by atoms with Crippen LogP contribution in [-0.2, 0) is 28.6 Å². The number of hydrogen-bond donors (Lipinski definition) is 0. The molecule has 0 heterocycles. The molecule has 0 fully saturated rings. The largest absolute Gasteiger partial charge is 0.370 e. The van der Waals surface area contributed by atoms with Crippen LogP contribution >= 0.6 is 0 Å². The lowest BCUT2D eigenvalue weighted by molar-refractivity contribution is -0.253. The summed E-state index contributed by atoms with van der Waals surface area (Å²) in [4.78, 5) is 0. The average molecular weight is 532 g/mol. The van der Waals surface area contributed by atoms with Crippen LogP contribution in [-0.4, -0.2) is 78.1 Å². The topological polar surface area (TPSA) is 86.7 Å². The standard InChI is InChI=1S/C11H12F12O6S2/c12-6(13)10(20,21)8(16,17)4-30(24,25)28-2-1-3-29-31(26,27)5-9(18,19)11(22,23)7(14)15/h6-7H,1-5H2. The molecular formula is C11H12F12O6S2. The molecule has 0 aliphatic heterocycles. The molecule has 0 atom stereocenters. The summed E-state index contributed by atoms with van der Waals surface area (Å²) in [7, 11) is -11.2. The Morgan fingerprint density at radius 2 is 0.839 bits per heavy atom. The van der Waals surface area contributed by atoms with Crippen molar-refractivity contribution in [3.05, 3.63) is 0 Å². The Balaban J connectivity index is 4.75. The lowest BCUT2D eigenvalue weighted by Crippen LogP contribution is -2.50. The van der Waals surface area contributed by atoms with Crippen molar-refractivity contribution in [3.8, 4) is 0 Å². The maximum absolute atomic E-state index is 13.0. The first kappa shape index (κ1) is 30.0. The Hall–Kier alpha value is -1.02. The van der Waals surface area contributed by atoms with Crippen molar-refractivity contribution < 1.29 is 77.9 Å². The van der Waals surface area contributed by atoms with Crippen molar-refractivity contribution in [2.75, 3.05) is 24.7 Å². The molecule has 0 spiro atoms. The molecule has 0 aromatic carbocycles. The third-order valence-electron chi connectivity index (χ3n) is 3.05. The fourth-order valence-corrected chi connectivity index (χ4v) is 3.65. The highest BCUT2D eigenvalue weighted by atomic mass is 32.2. The minimum Gasteiger partial charge on any atom is -0.270 e. The first-order valence-corrected chi connectivity index (χ1v) is 10.5. The van der Waals surface area contributed by atoms with Gasteiger partial charge in [-0.15, -0.1) is 0 Å². The van der Waals surface area contributed by atoms with Crippen molar-refractivity contribution in [2.24, 2.45) is 0 Å². The molecule has 0 aromatic heterocycles. The number of halogens is 12. The zero-order valence-electron chi connectivity index (χ0n) is 14.5. The number of alkyl halides is 12. The predicted molar refractivity (Wildman–Crippen MR) is 75.9 cm³/mol. The van der Waals surface area contributed by atoms with Gasteiger partial charge in [-0.25, -0.2) is 17.6 Å². The van der Waals surface area contributed by atoms with Gasteiger partial charge in [0.25, 0.3) is 20.2 Å². The molecule has 0 unspecified atom stereocenters. The Labute approximate surface area is 166 Å². The van der Waals surface area contributed by atoms with Gasteiger partial charge in [0, 0.05) is 0 Å². The second-order valence-corrected chi connectivity index (χ2v) is 8.94. The lowest BCUT2D eigenvalue weighted by atomic mass is 10.2. The van der Waals surface area contributed by atoms with Gasteiger partial charge in [0.05, 0.1) is 13.2 Å². The summed E-state index contributed by atoms with van der Waals surface area (Å²) in [6.07, 6.45) is -10.9. The van der Waals surface area contributed by atoms with Crippen LogP contribution in [0.25, 0.3) is 0 Å². The maximum Gasteiger partial charge on any atom is 0.370 e. The summed E-state index contributed by atoms with van der Waals surface area (Å²) in [5, 5.41) is 0. The van der Waals surface area contributed by atoms with E-state index in [-0.39, 0.29) is 0 Å². The van der Waals surface area contributed by atoms with Crippen molar-refractivity contribution in [1.82, 2.24) is 0 Å². The molecular weight excluding hydrogens is 520 g/mol. The first-order valence-electron chi connectivity index (χ1n) is 7.32. The van der Waals surface area contributed by atoms with Crippen LogP contribution in [0.15, 0.2) is 0 Å². The minimum absolute atomic E-state index is 0.980. The van der Waals surface area contributed by atoms with E-state index in [0.717, 1.165) is 0 Å². The average Bonchev–Trinajstić information content (AvgIpc) is 2.51. The smallest absolute Gasteiger partial charge is 0.270 e. The number of rotatable bonds is 14. The zero-order chi connectivity index (χ0) is 25.1. The first-order chi connectivity index (χ1) is 13.5. The zero-order valence-corrected chi connectivity index (χ0v) is 16.1. The molecule has 0 amide bonds. The molecule has 188 valence electrons. The molecule has 0 saturated carbocycles. The highest BCUT2D eigenvalue weighted by Gasteiger charge is 2.65. The molecule has 0 aliphatic carbocycles. The summed E-state index contributed by atoms with van der Waals surface area (Å²) >= 11 is 0. The van der Waals surface area contributed by atoms with Crippen LogP contribution in [0.1, 0.15) is 6.42 Å². The predicted octanol–water partition coefficient (Wildman–Crippen LogP) is 3.14. The van der Waals surface area contributed by atoms with Crippen LogP contribution in [0, 0.1) is 0 Å². The van der Waals surface area contributed by atoms with Crippen molar-refractivity contribution in [1.29, 1.82) is 0 Å². The van der Waals surface area contributed by atoms with Crippen LogP contribution < -0.4 is 0 Å². The summed E-state index contributed by atoms with van der Waals surface area (Å²) in [5.74, 6) is -29.5. The van der Waals surface area contributed by atoms with E-state index in [1.807, 2.05) is 0 Å². The van der Waals surface area contributed by atoms with E-state index < -0.39 is 87.9 Å². The molecule has 0 bridgehead atoms. The van der Waals surface area contributed by atoms with Gasteiger partial charge in [-0.05, 0) is 6.42 Å². The molecule has 31 heavy (non-hydrogen) atoms. The minimum atomic E-state index is -6.05. The molecule has 20 heteroatoms. The van der Waals surface area contributed by atoms with Crippen molar-refractivity contribution >= 4 is 20.2 Å². The van der Waals surface area contributed by atoms with Gasteiger partial charge < -0.3 is 0 Å². The molecule has 0 N–H and O–H groups in total.